The highest BCUT2D eigenvalue weighted by atomic mass is 32.2. The van der Waals surface area contributed by atoms with E-state index < -0.39 is 15.9 Å². The summed E-state index contributed by atoms with van der Waals surface area (Å²) in [5, 5.41) is 4.40. The number of H-pyrrole nitrogens is 1. The molecule has 4 rings (SSSR count). The number of carbonyl (C=O) groups excluding carboxylic acids is 1. The average Bonchev–Trinajstić information content (AvgIpc) is 3.39. The van der Waals surface area contributed by atoms with E-state index >= 15 is 0 Å². The number of nitrogens with one attached hydrogen (secondary N) is 2. The molecule has 3 aromatic rings. The molecule has 0 spiro atoms. The van der Waals surface area contributed by atoms with E-state index in [0.717, 1.165) is 35.2 Å². The fourth-order valence-corrected chi connectivity index (χ4v) is 5.90. The van der Waals surface area contributed by atoms with Crippen LogP contribution in [0.15, 0.2) is 40.6 Å². The van der Waals surface area contributed by atoms with E-state index in [9.17, 15) is 13.2 Å². The Kier molecular flexibility index (Phi) is 4.51. The second kappa shape index (κ2) is 6.82. The van der Waals surface area contributed by atoms with Gasteiger partial charge in [0.2, 0.25) is 10.0 Å². The SMILES string of the molecule is O=C(NCc1nc2ccccc2[nH]1)c1sccc1S(=O)(=O)N1CCCC1. The minimum Gasteiger partial charge on any atom is -0.344 e. The molecular formula is C17H18N4O3S2. The van der Waals surface area contributed by atoms with Crippen LogP contribution in [0.5, 0.6) is 0 Å². The summed E-state index contributed by atoms with van der Waals surface area (Å²) in [4.78, 5) is 20.4. The molecule has 0 aliphatic carbocycles. The predicted octanol–water partition coefficient (Wildman–Crippen LogP) is 2.34. The van der Waals surface area contributed by atoms with Gasteiger partial charge in [0.15, 0.2) is 0 Å². The number of thiophene rings is 1. The van der Waals surface area contributed by atoms with E-state index in [1.165, 1.54) is 10.4 Å². The van der Waals surface area contributed by atoms with Crippen molar-refractivity contribution in [1.29, 1.82) is 0 Å². The van der Waals surface area contributed by atoms with E-state index in [0.29, 0.717) is 18.9 Å². The van der Waals surface area contributed by atoms with Gasteiger partial charge >= 0.3 is 0 Å². The van der Waals surface area contributed by atoms with Crippen molar-refractivity contribution in [2.45, 2.75) is 24.3 Å². The first-order valence-corrected chi connectivity index (χ1v) is 10.7. The molecule has 1 saturated heterocycles. The molecule has 1 aliphatic rings. The number of imidazole rings is 1. The smallest absolute Gasteiger partial charge is 0.263 e. The van der Waals surface area contributed by atoms with Crippen molar-refractivity contribution >= 4 is 38.3 Å². The zero-order valence-corrected chi connectivity index (χ0v) is 15.6. The number of aromatic nitrogens is 2. The molecular weight excluding hydrogens is 372 g/mol. The molecule has 0 atom stereocenters. The Bertz CT molecular complexity index is 1020. The van der Waals surface area contributed by atoms with E-state index in [1.807, 2.05) is 24.3 Å². The lowest BCUT2D eigenvalue weighted by Crippen LogP contribution is -2.30. The molecule has 26 heavy (non-hydrogen) atoms. The Morgan fingerprint density at radius 1 is 1.23 bits per heavy atom. The number of aromatic amines is 1. The molecule has 7 nitrogen and oxygen atoms in total. The van der Waals surface area contributed by atoms with Crippen molar-refractivity contribution in [2.24, 2.45) is 0 Å². The minimum atomic E-state index is -3.62. The zero-order valence-electron chi connectivity index (χ0n) is 13.9. The van der Waals surface area contributed by atoms with Gasteiger partial charge in [-0.3, -0.25) is 4.79 Å². The molecule has 136 valence electrons. The molecule has 1 amide bonds. The summed E-state index contributed by atoms with van der Waals surface area (Å²) in [6.07, 6.45) is 1.72. The quantitative estimate of drug-likeness (QED) is 0.699. The predicted molar refractivity (Wildman–Crippen MR) is 99.6 cm³/mol. The van der Waals surface area contributed by atoms with Gasteiger partial charge < -0.3 is 10.3 Å². The third kappa shape index (κ3) is 3.13. The monoisotopic (exact) mass is 390 g/mol. The summed E-state index contributed by atoms with van der Waals surface area (Å²) in [6.45, 7) is 1.23. The lowest BCUT2D eigenvalue weighted by molar-refractivity contribution is 0.0951. The minimum absolute atomic E-state index is 0.0894. The third-order valence-corrected chi connectivity index (χ3v) is 7.36. The highest BCUT2D eigenvalue weighted by molar-refractivity contribution is 7.89. The standard InChI is InChI=1S/C17H18N4O3S2/c22-17(18-11-15-19-12-5-1-2-6-13(12)20-15)16-14(7-10-25-16)26(23,24)21-8-3-4-9-21/h1-2,5-7,10H,3-4,8-9,11H2,(H,18,22)(H,19,20). The van der Waals surface area contributed by atoms with Gasteiger partial charge in [0.25, 0.3) is 5.91 Å². The maximum atomic E-state index is 12.7. The first kappa shape index (κ1) is 17.2. The van der Waals surface area contributed by atoms with Gasteiger partial charge in [0, 0.05) is 13.1 Å². The van der Waals surface area contributed by atoms with Crippen LogP contribution in [0.3, 0.4) is 0 Å². The molecule has 1 fully saturated rings. The fraction of sp³-hybridized carbons (Fsp3) is 0.294. The molecule has 0 bridgehead atoms. The number of para-hydroxylation sites is 2. The molecule has 0 radical (unpaired) electrons. The van der Waals surface area contributed by atoms with Crippen molar-refractivity contribution in [3.63, 3.8) is 0 Å². The Morgan fingerprint density at radius 2 is 2.00 bits per heavy atom. The normalized spacial score (nSPS) is 15.5. The van der Waals surface area contributed by atoms with E-state index in [1.54, 1.807) is 5.38 Å². The Labute approximate surface area is 155 Å². The van der Waals surface area contributed by atoms with Crippen LogP contribution >= 0.6 is 11.3 Å². The molecule has 0 saturated carbocycles. The summed E-state index contributed by atoms with van der Waals surface area (Å²) in [5.74, 6) is 0.221. The number of rotatable bonds is 5. The topological polar surface area (TPSA) is 95.2 Å². The molecule has 0 unspecified atom stereocenters. The molecule has 2 N–H and O–H groups in total. The second-order valence-electron chi connectivity index (χ2n) is 6.11. The van der Waals surface area contributed by atoms with Crippen LogP contribution in [-0.2, 0) is 16.6 Å². The van der Waals surface area contributed by atoms with Crippen molar-refractivity contribution in [1.82, 2.24) is 19.6 Å². The number of fused-ring (bicyclic) bond motifs is 1. The largest absolute Gasteiger partial charge is 0.344 e. The Hall–Kier alpha value is -2.23. The van der Waals surface area contributed by atoms with Gasteiger partial charge in [-0.05, 0) is 36.4 Å². The van der Waals surface area contributed by atoms with Crippen molar-refractivity contribution < 1.29 is 13.2 Å². The van der Waals surface area contributed by atoms with E-state index in [-0.39, 0.29) is 16.3 Å². The fourth-order valence-electron chi connectivity index (χ4n) is 3.07. The van der Waals surface area contributed by atoms with Crippen LogP contribution in [0.1, 0.15) is 28.3 Å². The van der Waals surface area contributed by atoms with Crippen LogP contribution in [0.4, 0.5) is 0 Å². The molecule has 9 heteroatoms. The number of hydrogen-bond donors (Lipinski definition) is 2. The van der Waals surface area contributed by atoms with Crippen molar-refractivity contribution in [2.75, 3.05) is 13.1 Å². The van der Waals surface area contributed by atoms with Gasteiger partial charge in [-0.15, -0.1) is 11.3 Å². The van der Waals surface area contributed by atoms with Gasteiger partial charge in [0.05, 0.1) is 17.6 Å². The number of amides is 1. The van der Waals surface area contributed by atoms with Crippen molar-refractivity contribution in [3.8, 4) is 0 Å². The maximum absolute atomic E-state index is 12.7. The highest BCUT2D eigenvalue weighted by Gasteiger charge is 2.31. The third-order valence-electron chi connectivity index (χ3n) is 4.37. The van der Waals surface area contributed by atoms with Crippen LogP contribution in [-0.4, -0.2) is 41.7 Å². The summed E-state index contributed by atoms with van der Waals surface area (Å²) in [5.41, 5.74) is 1.72. The van der Waals surface area contributed by atoms with Gasteiger partial charge in [-0.2, -0.15) is 4.31 Å². The first-order chi connectivity index (χ1) is 12.6. The summed E-state index contributed by atoms with van der Waals surface area (Å²) in [7, 11) is -3.62. The van der Waals surface area contributed by atoms with Gasteiger partial charge in [-0.1, -0.05) is 12.1 Å². The molecule has 2 aromatic heterocycles. The number of benzene rings is 1. The zero-order chi connectivity index (χ0) is 18.1. The Morgan fingerprint density at radius 3 is 2.77 bits per heavy atom. The first-order valence-electron chi connectivity index (χ1n) is 8.35. The Balaban J connectivity index is 1.51. The summed E-state index contributed by atoms with van der Waals surface area (Å²) in [6, 6.07) is 9.11. The summed E-state index contributed by atoms with van der Waals surface area (Å²) < 4.78 is 26.9. The van der Waals surface area contributed by atoms with E-state index in [4.69, 9.17) is 0 Å². The maximum Gasteiger partial charge on any atom is 0.263 e. The molecule has 1 aromatic carbocycles. The van der Waals surface area contributed by atoms with E-state index in [2.05, 4.69) is 15.3 Å². The molecule has 1 aliphatic heterocycles. The van der Waals surface area contributed by atoms with Crippen LogP contribution in [0.2, 0.25) is 0 Å². The lowest BCUT2D eigenvalue weighted by atomic mass is 10.3. The number of hydrogen-bond acceptors (Lipinski definition) is 5. The second-order valence-corrected chi connectivity index (χ2v) is 8.93. The van der Waals surface area contributed by atoms with Crippen molar-refractivity contribution in [3.05, 3.63) is 46.4 Å². The average molecular weight is 390 g/mol. The van der Waals surface area contributed by atoms with Gasteiger partial charge in [0.1, 0.15) is 15.6 Å². The lowest BCUT2D eigenvalue weighted by Gasteiger charge is -2.15. The number of sulfonamides is 1. The summed E-state index contributed by atoms with van der Waals surface area (Å²) >= 11 is 1.13. The highest BCUT2D eigenvalue weighted by Crippen LogP contribution is 2.27. The van der Waals surface area contributed by atoms with Crippen LogP contribution in [0, 0.1) is 0 Å². The van der Waals surface area contributed by atoms with Crippen LogP contribution in [0.25, 0.3) is 11.0 Å². The molecule has 3 heterocycles. The van der Waals surface area contributed by atoms with Crippen LogP contribution < -0.4 is 5.32 Å². The number of nitrogens with zero attached hydrogens (tertiary/aromatic N) is 2. The van der Waals surface area contributed by atoms with Gasteiger partial charge in [-0.25, -0.2) is 13.4 Å². The number of carbonyl (C=O) groups is 1.